The van der Waals surface area contributed by atoms with Gasteiger partial charge in [0.2, 0.25) is 0 Å². The van der Waals surface area contributed by atoms with Gasteiger partial charge in [0.25, 0.3) is 9.84 Å². The van der Waals surface area contributed by atoms with Crippen molar-refractivity contribution in [2.45, 2.75) is 88.7 Å². The van der Waals surface area contributed by atoms with E-state index >= 15 is 0 Å². The predicted octanol–water partition coefficient (Wildman–Crippen LogP) is 6.22. The van der Waals surface area contributed by atoms with Crippen LogP contribution in [-0.2, 0) is 22.7 Å². The zero-order chi connectivity index (χ0) is 30.9. The number of ether oxygens (including phenoxy) is 2. The minimum Gasteiger partial charge on any atom is -0.508 e. The van der Waals surface area contributed by atoms with Gasteiger partial charge in [-0.1, -0.05) is 39.8 Å². The Kier molecular flexibility index (Phi) is 12.4. The molecule has 4 rings (SSSR count). The number of rotatable bonds is 11. The van der Waals surface area contributed by atoms with E-state index in [0.29, 0.717) is 18.4 Å². The molecule has 0 saturated carbocycles. The Morgan fingerprint density at radius 2 is 1.19 bits per heavy atom. The number of halogens is 3. The normalized spacial score (nSPS) is 18.4. The molecule has 0 aromatic heterocycles. The molecule has 236 valence electrons. The average Bonchev–Trinajstić information content (AvgIpc) is 2.96. The molecule has 7 nitrogen and oxygen atoms in total. The second-order valence-electron chi connectivity index (χ2n) is 10.8. The summed E-state index contributed by atoms with van der Waals surface area (Å²) in [6, 6.07) is 9.61. The summed E-state index contributed by atoms with van der Waals surface area (Å²) in [5, 5.41) is 9.92. The molecule has 0 fully saturated rings. The fraction of sp³-hybridized carbons (Fsp3) is 0.613. The topological polar surface area (TPSA) is 79.3 Å². The summed E-state index contributed by atoms with van der Waals surface area (Å²) < 4.78 is 73.9. The fourth-order valence-corrected chi connectivity index (χ4v) is 6.70. The number of sulfone groups is 1. The van der Waals surface area contributed by atoms with E-state index in [4.69, 9.17) is 9.47 Å². The molecule has 0 aliphatic carbocycles. The van der Waals surface area contributed by atoms with E-state index in [1.165, 1.54) is 12.1 Å². The fourth-order valence-electron chi connectivity index (χ4n) is 5.69. The van der Waals surface area contributed by atoms with Crippen LogP contribution in [0, 0.1) is 0 Å². The zero-order valence-electron chi connectivity index (χ0n) is 25.1. The first kappa shape index (κ1) is 34.0. The molecule has 0 spiro atoms. The maximum absolute atomic E-state index is 12.9. The van der Waals surface area contributed by atoms with Gasteiger partial charge in [-0.2, -0.15) is 13.2 Å². The van der Waals surface area contributed by atoms with Crippen molar-refractivity contribution in [2.75, 3.05) is 39.4 Å². The number of phenols is 1. The molecular weight excluding hydrogens is 569 g/mol. The second-order valence-corrected chi connectivity index (χ2v) is 12.8. The van der Waals surface area contributed by atoms with Gasteiger partial charge in [0.05, 0.1) is 4.90 Å². The zero-order valence-corrected chi connectivity index (χ0v) is 25.9. The highest BCUT2D eigenvalue weighted by Gasteiger charge is 2.48. The summed E-state index contributed by atoms with van der Waals surface area (Å²) in [4.78, 5) is 3.94. The number of benzene rings is 2. The van der Waals surface area contributed by atoms with E-state index < -0.39 is 20.2 Å². The molecule has 0 bridgehead atoms. The Morgan fingerprint density at radius 3 is 1.64 bits per heavy atom. The number of alkyl halides is 3. The van der Waals surface area contributed by atoms with E-state index in [0.717, 1.165) is 82.3 Å². The highest BCUT2D eigenvalue weighted by Crippen LogP contribution is 2.38. The molecule has 2 atom stereocenters. The van der Waals surface area contributed by atoms with E-state index in [9.17, 15) is 26.7 Å². The second kappa shape index (κ2) is 15.3. The molecule has 2 aliphatic rings. The summed E-state index contributed by atoms with van der Waals surface area (Å²) in [5.41, 5.74) is -4.23. The summed E-state index contributed by atoms with van der Waals surface area (Å²) in [7, 11) is -5.39. The Morgan fingerprint density at radius 1 is 0.762 bits per heavy atom. The van der Waals surface area contributed by atoms with Crippen LogP contribution in [0.15, 0.2) is 41.3 Å². The number of aromatic hydroxyl groups is 1. The van der Waals surface area contributed by atoms with Crippen LogP contribution in [0.1, 0.15) is 64.5 Å². The predicted molar refractivity (Wildman–Crippen MR) is 158 cm³/mol. The maximum atomic E-state index is 12.9. The SMILES string of the molecule is CCCN(CCC)C1COc2cccc(O)c2C1.CCCN(CCC)C1COc2cccc(S(=O)(=O)C(F)(F)F)c2C1. The van der Waals surface area contributed by atoms with Gasteiger partial charge >= 0.3 is 5.51 Å². The van der Waals surface area contributed by atoms with Crippen molar-refractivity contribution in [3.05, 3.63) is 47.5 Å². The minimum atomic E-state index is -5.39. The number of phenolic OH excluding ortho intramolecular Hbond substituents is 1. The van der Waals surface area contributed by atoms with Crippen LogP contribution in [0.3, 0.4) is 0 Å². The van der Waals surface area contributed by atoms with Crippen molar-refractivity contribution in [1.29, 1.82) is 0 Å². The van der Waals surface area contributed by atoms with Crippen molar-refractivity contribution in [3.63, 3.8) is 0 Å². The lowest BCUT2D eigenvalue weighted by molar-refractivity contribution is -0.0436. The third-order valence-electron chi connectivity index (χ3n) is 7.61. The van der Waals surface area contributed by atoms with Gasteiger partial charge in [0.15, 0.2) is 0 Å². The summed E-state index contributed by atoms with van der Waals surface area (Å²) in [6.07, 6.45) is 5.26. The van der Waals surface area contributed by atoms with Crippen molar-refractivity contribution < 1.29 is 36.2 Å². The molecule has 11 heteroatoms. The highest BCUT2D eigenvalue weighted by atomic mass is 32.2. The number of fused-ring (bicyclic) bond motifs is 2. The lowest BCUT2D eigenvalue weighted by Crippen LogP contribution is -2.44. The average molecular weight is 615 g/mol. The van der Waals surface area contributed by atoms with Crippen LogP contribution in [0.25, 0.3) is 0 Å². The molecule has 0 radical (unpaired) electrons. The van der Waals surface area contributed by atoms with Gasteiger partial charge in [-0.25, -0.2) is 8.42 Å². The molecule has 42 heavy (non-hydrogen) atoms. The molecule has 2 aromatic rings. The van der Waals surface area contributed by atoms with E-state index in [-0.39, 0.29) is 23.8 Å². The van der Waals surface area contributed by atoms with Crippen LogP contribution >= 0.6 is 0 Å². The standard InChI is InChI=1S/C16H22F3NO3S.C15H23NO2/c1-3-8-20(9-4-2)12-10-13-14(23-11-12)6-5-7-15(13)24(21,22)16(17,18)19;1-3-8-16(9-4-2)12-10-13-14(17)6-5-7-15(13)18-11-12/h5-7,12H,3-4,8-11H2,1-2H3;5-7,12,17H,3-4,8-11H2,1-2H3. The first-order chi connectivity index (χ1) is 20.0. The van der Waals surface area contributed by atoms with E-state index in [1.54, 1.807) is 6.07 Å². The van der Waals surface area contributed by atoms with E-state index in [2.05, 4.69) is 23.6 Å². The van der Waals surface area contributed by atoms with Gasteiger partial charge in [-0.15, -0.1) is 0 Å². The molecule has 0 amide bonds. The van der Waals surface area contributed by atoms with Gasteiger partial charge in [0, 0.05) is 23.2 Å². The Hall–Kier alpha value is -2.50. The third kappa shape index (κ3) is 8.11. The van der Waals surface area contributed by atoms with Gasteiger partial charge in [-0.05, 0) is 89.0 Å². The largest absolute Gasteiger partial charge is 0.508 e. The minimum absolute atomic E-state index is 0.123. The van der Waals surface area contributed by atoms with Crippen LogP contribution in [0.2, 0.25) is 0 Å². The van der Waals surface area contributed by atoms with Crippen molar-refractivity contribution >= 4 is 9.84 Å². The molecular formula is C31H45F3N2O5S. The van der Waals surface area contributed by atoms with Crippen molar-refractivity contribution in [2.24, 2.45) is 0 Å². The summed E-state index contributed by atoms with van der Waals surface area (Å²) in [6.45, 7) is 13.3. The molecule has 0 saturated heterocycles. The van der Waals surface area contributed by atoms with Gasteiger partial charge in [0.1, 0.15) is 30.5 Å². The lowest BCUT2D eigenvalue weighted by Gasteiger charge is -2.35. The number of hydrogen-bond acceptors (Lipinski definition) is 7. The first-order valence-corrected chi connectivity index (χ1v) is 16.4. The van der Waals surface area contributed by atoms with Crippen molar-refractivity contribution in [3.8, 4) is 17.2 Å². The smallest absolute Gasteiger partial charge is 0.501 e. The van der Waals surface area contributed by atoms with Gasteiger partial charge in [-0.3, -0.25) is 9.80 Å². The van der Waals surface area contributed by atoms with Crippen LogP contribution in [0.4, 0.5) is 13.2 Å². The van der Waals surface area contributed by atoms with Crippen molar-refractivity contribution in [1.82, 2.24) is 9.80 Å². The van der Waals surface area contributed by atoms with Crippen LogP contribution < -0.4 is 9.47 Å². The summed E-state index contributed by atoms with van der Waals surface area (Å²) >= 11 is 0. The van der Waals surface area contributed by atoms with Gasteiger partial charge < -0.3 is 14.6 Å². The van der Waals surface area contributed by atoms with Crippen LogP contribution in [-0.4, -0.2) is 80.3 Å². The molecule has 1 N–H and O–H groups in total. The number of hydrogen-bond donors (Lipinski definition) is 1. The molecule has 2 heterocycles. The highest BCUT2D eigenvalue weighted by molar-refractivity contribution is 7.92. The molecule has 2 aromatic carbocycles. The lowest BCUT2D eigenvalue weighted by atomic mass is 10.00. The number of nitrogens with zero attached hydrogens (tertiary/aromatic N) is 2. The Balaban J connectivity index is 0.000000240. The quantitative estimate of drug-likeness (QED) is 0.322. The summed E-state index contributed by atoms with van der Waals surface area (Å²) in [5.74, 6) is 1.44. The van der Waals surface area contributed by atoms with E-state index in [1.807, 2.05) is 26.0 Å². The maximum Gasteiger partial charge on any atom is 0.501 e. The molecule has 2 aliphatic heterocycles. The monoisotopic (exact) mass is 614 g/mol. The Labute approximate surface area is 248 Å². The third-order valence-corrected chi connectivity index (χ3v) is 9.18. The molecule has 2 unspecified atom stereocenters. The van der Waals surface area contributed by atoms with Crippen LogP contribution in [0.5, 0.6) is 17.2 Å². The Bertz CT molecular complexity index is 1240. The first-order valence-electron chi connectivity index (χ1n) is 15.0.